The van der Waals surface area contributed by atoms with E-state index in [1.165, 1.54) is 11.3 Å². The van der Waals surface area contributed by atoms with Crippen LogP contribution in [0.15, 0.2) is 10.5 Å². The van der Waals surface area contributed by atoms with Gasteiger partial charge in [-0.05, 0) is 44.2 Å². The van der Waals surface area contributed by atoms with Crippen molar-refractivity contribution in [2.75, 3.05) is 11.9 Å². The first-order valence-electron chi connectivity index (χ1n) is 8.55. The van der Waals surface area contributed by atoms with Gasteiger partial charge in [-0.25, -0.2) is 0 Å². The van der Waals surface area contributed by atoms with Gasteiger partial charge in [0.15, 0.2) is 0 Å². The minimum atomic E-state index is -0.167. The highest BCUT2D eigenvalue weighted by Gasteiger charge is 2.36. The molecule has 1 saturated carbocycles. The number of aromatic nitrogens is 2. The van der Waals surface area contributed by atoms with E-state index in [2.05, 4.69) is 15.5 Å². The lowest BCUT2D eigenvalue weighted by atomic mass is 10.2. The molecule has 2 fully saturated rings. The van der Waals surface area contributed by atoms with E-state index in [0.29, 0.717) is 23.2 Å². The summed E-state index contributed by atoms with van der Waals surface area (Å²) in [7, 11) is 0. The van der Waals surface area contributed by atoms with Crippen molar-refractivity contribution in [1.82, 2.24) is 15.1 Å². The molecular weight excluding hydrogens is 340 g/mol. The van der Waals surface area contributed by atoms with Crippen LogP contribution in [0.3, 0.4) is 0 Å². The van der Waals surface area contributed by atoms with Crippen LogP contribution >= 0.6 is 11.3 Å². The molecule has 0 aromatic carbocycles. The second-order valence-electron chi connectivity index (χ2n) is 6.70. The van der Waals surface area contributed by atoms with Crippen LogP contribution < -0.4 is 5.32 Å². The van der Waals surface area contributed by atoms with Crippen LogP contribution in [0, 0.1) is 19.8 Å². The predicted molar refractivity (Wildman–Crippen MR) is 92.5 cm³/mol. The lowest BCUT2D eigenvalue weighted by Gasteiger charge is -2.21. The van der Waals surface area contributed by atoms with Gasteiger partial charge in [-0.15, -0.1) is 21.5 Å². The standard InChI is InChI=1S/C17H20N4O3S/c1-9-8-13(18-15(22)11-5-6-11)25-14(9)17(23)21-7-3-4-12(21)16-20-19-10(2)24-16/h8,11-12H,3-7H2,1-2H3,(H,18,22). The van der Waals surface area contributed by atoms with E-state index < -0.39 is 0 Å². The monoisotopic (exact) mass is 360 g/mol. The first kappa shape index (κ1) is 16.3. The van der Waals surface area contributed by atoms with E-state index in [1.807, 2.05) is 13.0 Å². The molecule has 0 bridgehead atoms. The first-order chi connectivity index (χ1) is 12.0. The first-order valence-corrected chi connectivity index (χ1v) is 9.37. The Balaban J connectivity index is 1.53. The number of carbonyl (C=O) groups is 2. The second kappa shape index (κ2) is 6.25. The molecule has 4 rings (SSSR count). The molecule has 0 spiro atoms. The number of hydrogen-bond acceptors (Lipinski definition) is 6. The lowest BCUT2D eigenvalue weighted by molar-refractivity contribution is -0.117. The molecule has 1 aliphatic heterocycles. The number of rotatable bonds is 4. The minimum Gasteiger partial charge on any atom is -0.423 e. The third-order valence-electron chi connectivity index (χ3n) is 4.65. The van der Waals surface area contributed by atoms with Crippen molar-refractivity contribution in [2.24, 2.45) is 5.92 Å². The highest BCUT2D eigenvalue weighted by atomic mass is 32.1. The number of thiophene rings is 1. The summed E-state index contributed by atoms with van der Waals surface area (Å²) in [5, 5.41) is 11.6. The van der Waals surface area contributed by atoms with E-state index in [4.69, 9.17) is 4.42 Å². The smallest absolute Gasteiger partial charge is 0.264 e. The molecule has 8 heteroatoms. The minimum absolute atomic E-state index is 0.0345. The Morgan fingerprint density at radius 3 is 2.76 bits per heavy atom. The Kier molecular flexibility index (Phi) is 4.07. The highest BCUT2D eigenvalue weighted by molar-refractivity contribution is 7.18. The number of nitrogens with one attached hydrogen (secondary N) is 1. The third-order valence-corrected chi connectivity index (χ3v) is 5.79. The molecule has 3 heterocycles. The molecule has 0 radical (unpaired) electrons. The number of nitrogens with zero attached hydrogens (tertiary/aromatic N) is 3. The largest absolute Gasteiger partial charge is 0.423 e. The predicted octanol–water partition coefficient (Wildman–Crippen LogP) is 3.07. The second-order valence-corrected chi connectivity index (χ2v) is 7.75. The van der Waals surface area contributed by atoms with Gasteiger partial charge in [-0.1, -0.05) is 0 Å². The molecule has 25 heavy (non-hydrogen) atoms. The SMILES string of the molecule is Cc1nnc(C2CCCN2C(=O)c2sc(NC(=O)C3CC3)cc2C)o1. The summed E-state index contributed by atoms with van der Waals surface area (Å²) in [6.07, 6.45) is 3.65. The molecule has 2 amide bonds. The molecule has 1 unspecified atom stereocenters. The summed E-state index contributed by atoms with van der Waals surface area (Å²) in [6.45, 7) is 4.32. The molecule has 132 valence electrons. The van der Waals surface area contributed by atoms with Crippen molar-refractivity contribution in [3.63, 3.8) is 0 Å². The van der Waals surface area contributed by atoms with Crippen LogP contribution in [0.4, 0.5) is 5.00 Å². The summed E-state index contributed by atoms with van der Waals surface area (Å²) < 4.78 is 5.54. The molecule has 1 aliphatic carbocycles. The van der Waals surface area contributed by atoms with Crippen molar-refractivity contribution < 1.29 is 14.0 Å². The van der Waals surface area contributed by atoms with Crippen LogP contribution in [-0.2, 0) is 4.79 Å². The maximum absolute atomic E-state index is 13.0. The van der Waals surface area contributed by atoms with Gasteiger partial charge >= 0.3 is 0 Å². The Bertz CT molecular complexity index is 824. The zero-order valence-electron chi connectivity index (χ0n) is 14.2. The number of carbonyl (C=O) groups excluding carboxylic acids is 2. The van der Waals surface area contributed by atoms with Crippen LogP contribution in [0.1, 0.15) is 58.7 Å². The van der Waals surface area contributed by atoms with E-state index in [9.17, 15) is 9.59 Å². The molecular formula is C17H20N4O3S. The van der Waals surface area contributed by atoms with Crippen molar-refractivity contribution in [3.05, 3.63) is 28.3 Å². The molecule has 1 saturated heterocycles. The number of amides is 2. The van der Waals surface area contributed by atoms with E-state index >= 15 is 0 Å². The Hall–Kier alpha value is -2.22. The lowest BCUT2D eigenvalue weighted by Crippen LogP contribution is -2.30. The average Bonchev–Trinajstić information content (AvgIpc) is 2.99. The molecule has 7 nitrogen and oxygen atoms in total. The Morgan fingerprint density at radius 2 is 2.08 bits per heavy atom. The van der Waals surface area contributed by atoms with Crippen LogP contribution in [0.25, 0.3) is 0 Å². The van der Waals surface area contributed by atoms with Crippen LogP contribution in [-0.4, -0.2) is 33.5 Å². The summed E-state index contributed by atoms with van der Waals surface area (Å²) in [5.74, 6) is 1.17. The van der Waals surface area contributed by atoms with Gasteiger partial charge in [0.2, 0.25) is 17.7 Å². The zero-order chi connectivity index (χ0) is 17.6. The van der Waals surface area contributed by atoms with Crippen LogP contribution in [0.2, 0.25) is 0 Å². The molecule has 2 aliphatic rings. The van der Waals surface area contributed by atoms with Gasteiger partial charge in [-0.3, -0.25) is 9.59 Å². The van der Waals surface area contributed by atoms with Gasteiger partial charge in [-0.2, -0.15) is 0 Å². The fraction of sp³-hybridized carbons (Fsp3) is 0.529. The average molecular weight is 360 g/mol. The summed E-state index contributed by atoms with van der Waals surface area (Å²) in [6, 6.07) is 1.71. The number of likely N-dealkylation sites (tertiary alicyclic amines) is 1. The van der Waals surface area contributed by atoms with Gasteiger partial charge in [0.1, 0.15) is 6.04 Å². The molecule has 2 aromatic rings. The highest BCUT2D eigenvalue weighted by Crippen LogP contribution is 2.36. The van der Waals surface area contributed by atoms with Gasteiger partial charge in [0.25, 0.3) is 5.91 Å². The molecule has 1 N–H and O–H groups in total. The van der Waals surface area contributed by atoms with Gasteiger partial charge in [0, 0.05) is 19.4 Å². The summed E-state index contributed by atoms with van der Waals surface area (Å²) >= 11 is 1.34. The van der Waals surface area contributed by atoms with E-state index in [0.717, 1.165) is 36.2 Å². The number of aryl methyl sites for hydroxylation is 2. The quantitative estimate of drug-likeness (QED) is 0.905. The molecule has 2 aromatic heterocycles. The van der Waals surface area contributed by atoms with E-state index in [1.54, 1.807) is 11.8 Å². The normalized spacial score (nSPS) is 20.1. The summed E-state index contributed by atoms with van der Waals surface area (Å²) in [4.78, 5) is 27.4. The maximum Gasteiger partial charge on any atom is 0.264 e. The van der Waals surface area contributed by atoms with Crippen molar-refractivity contribution in [3.8, 4) is 0 Å². The van der Waals surface area contributed by atoms with Gasteiger partial charge < -0.3 is 14.6 Å². The van der Waals surface area contributed by atoms with Crippen molar-refractivity contribution in [1.29, 1.82) is 0 Å². The van der Waals surface area contributed by atoms with Gasteiger partial charge in [0.05, 0.1) is 9.88 Å². The van der Waals surface area contributed by atoms with Crippen LogP contribution in [0.5, 0.6) is 0 Å². The number of hydrogen-bond donors (Lipinski definition) is 1. The topological polar surface area (TPSA) is 88.3 Å². The third kappa shape index (κ3) is 3.18. The van der Waals surface area contributed by atoms with Crippen molar-refractivity contribution >= 4 is 28.2 Å². The fourth-order valence-electron chi connectivity index (χ4n) is 3.17. The Labute approximate surface area is 149 Å². The fourth-order valence-corrected chi connectivity index (χ4v) is 4.20. The Morgan fingerprint density at radius 1 is 1.28 bits per heavy atom. The van der Waals surface area contributed by atoms with Crippen molar-refractivity contribution in [2.45, 2.75) is 45.6 Å². The maximum atomic E-state index is 13.0. The zero-order valence-corrected chi connectivity index (χ0v) is 15.1. The van der Waals surface area contributed by atoms with E-state index in [-0.39, 0.29) is 23.8 Å². The molecule has 1 atom stereocenters. The summed E-state index contributed by atoms with van der Waals surface area (Å²) in [5.41, 5.74) is 0.883. The number of anilines is 1.